The number of rotatable bonds is 4. The van der Waals surface area contributed by atoms with Crippen LogP contribution in [0.5, 0.6) is 5.75 Å². The van der Waals surface area contributed by atoms with Gasteiger partial charge in [-0.05, 0) is 19.1 Å². The highest BCUT2D eigenvalue weighted by Gasteiger charge is 2.09. The van der Waals surface area contributed by atoms with Gasteiger partial charge in [0.05, 0.1) is 5.69 Å². The summed E-state index contributed by atoms with van der Waals surface area (Å²) in [6.07, 6.45) is -0.774. The summed E-state index contributed by atoms with van der Waals surface area (Å²) in [7, 11) is 0. The van der Waals surface area contributed by atoms with Crippen molar-refractivity contribution >= 4 is 11.7 Å². The second-order valence-electron chi connectivity index (χ2n) is 3.09. The predicted molar refractivity (Wildman–Crippen MR) is 57.5 cm³/mol. The second kappa shape index (κ2) is 5.61. The Morgan fingerprint density at radius 2 is 2.25 bits per heavy atom. The molecule has 0 aromatic heterocycles. The molecule has 1 aromatic carbocycles. The molecule has 0 aliphatic rings. The van der Waals surface area contributed by atoms with Crippen LogP contribution in [0.3, 0.4) is 0 Å². The topological polar surface area (TPSA) is 85.3 Å². The fourth-order valence-electron chi connectivity index (χ4n) is 1.01. The number of para-hydroxylation sites is 2. The minimum absolute atomic E-state index is 0.264. The van der Waals surface area contributed by atoms with Crippen molar-refractivity contribution in [1.29, 1.82) is 5.26 Å². The maximum absolute atomic E-state index is 11.2. The highest BCUT2D eigenvalue weighted by molar-refractivity contribution is 5.71. The highest BCUT2D eigenvalue weighted by Crippen LogP contribution is 2.19. The van der Waals surface area contributed by atoms with Crippen LogP contribution >= 0.6 is 0 Å². The molecule has 0 radical (unpaired) electrons. The molecule has 0 heterocycles. The summed E-state index contributed by atoms with van der Waals surface area (Å²) in [5.74, 6) is -0.179. The van der Waals surface area contributed by atoms with Crippen molar-refractivity contribution in [2.24, 2.45) is 0 Å². The number of nitrogens with zero attached hydrogens (tertiary/aromatic N) is 1. The number of ether oxygens (including phenoxy) is 2. The molecule has 1 aromatic rings. The molecule has 1 unspecified atom stereocenters. The second-order valence-corrected chi connectivity index (χ2v) is 3.09. The standard InChI is InChI=1S/C11H12N2O3/c1-8(6-12)16-11(14)7-15-10-5-3-2-4-9(10)13/h2-5,8H,7,13H2,1H3. The van der Waals surface area contributed by atoms with Gasteiger partial charge in [-0.1, -0.05) is 12.1 Å². The fourth-order valence-corrected chi connectivity index (χ4v) is 1.01. The fraction of sp³-hybridized carbons (Fsp3) is 0.273. The Labute approximate surface area is 93.4 Å². The Bertz CT molecular complexity index is 412. The number of hydrogen-bond donors (Lipinski definition) is 1. The van der Waals surface area contributed by atoms with E-state index in [-0.39, 0.29) is 6.61 Å². The molecule has 1 atom stereocenters. The van der Waals surface area contributed by atoms with Gasteiger partial charge in [-0.3, -0.25) is 0 Å². The molecular weight excluding hydrogens is 208 g/mol. The molecular formula is C11H12N2O3. The molecule has 0 aliphatic carbocycles. The van der Waals surface area contributed by atoms with Crippen LogP contribution in [0.1, 0.15) is 6.92 Å². The Balaban J connectivity index is 2.44. The minimum Gasteiger partial charge on any atom is -0.480 e. The van der Waals surface area contributed by atoms with Crippen LogP contribution in [-0.4, -0.2) is 18.7 Å². The summed E-state index contributed by atoms with van der Waals surface area (Å²) in [5.41, 5.74) is 6.05. The van der Waals surface area contributed by atoms with E-state index in [4.69, 9.17) is 20.5 Å². The van der Waals surface area contributed by atoms with Crippen LogP contribution < -0.4 is 10.5 Å². The Hall–Kier alpha value is -2.22. The van der Waals surface area contributed by atoms with Crippen molar-refractivity contribution in [3.8, 4) is 11.8 Å². The van der Waals surface area contributed by atoms with E-state index in [9.17, 15) is 4.79 Å². The third kappa shape index (κ3) is 3.50. The molecule has 0 fully saturated rings. The van der Waals surface area contributed by atoms with Gasteiger partial charge in [-0.25, -0.2) is 4.79 Å². The number of nitrogen functional groups attached to an aromatic ring is 1. The largest absolute Gasteiger partial charge is 0.480 e. The Morgan fingerprint density at radius 3 is 2.88 bits per heavy atom. The molecule has 0 saturated carbocycles. The Morgan fingerprint density at radius 1 is 1.56 bits per heavy atom. The average molecular weight is 220 g/mol. The average Bonchev–Trinajstić information content (AvgIpc) is 2.28. The predicted octanol–water partition coefficient (Wildman–Crippen LogP) is 1.10. The first-order chi connectivity index (χ1) is 7.63. The van der Waals surface area contributed by atoms with Crippen LogP contribution in [0.15, 0.2) is 24.3 Å². The van der Waals surface area contributed by atoms with Gasteiger partial charge in [0.1, 0.15) is 11.8 Å². The van der Waals surface area contributed by atoms with E-state index in [2.05, 4.69) is 0 Å². The number of anilines is 1. The summed E-state index contributed by atoms with van der Waals surface area (Å²) in [6.45, 7) is 1.22. The van der Waals surface area contributed by atoms with Gasteiger partial charge < -0.3 is 15.2 Å². The van der Waals surface area contributed by atoms with Crippen molar-refractivity contribution in [3.63, 3.8) is 0 Å². The van der Waals surface area contributed by atoms with E-state index < -0.39 is 12.1 Å². The summed E-state index contributed by atoms with van der Waals surface area (Å²) in [4.78, 5) is 11.2. The molecule has 0 aliphatic heterocycles. The molecule has 5 nitrogen and oxygen atoms in total. The maximum Gasteiger partial charge on any atom is 0.345 e. The molecule has 5 heteroatoms. The zero-order valence-electron chi connectivity index (χ0n) is 8.84. The van der Waals surface area contributed by atoms with Crippen LogP contribution in [0, 0.1) is 11.3 Å². The quantitative estimate of drug-likeness (QED) is 0.606. The minimum atomic E-state index is -0.774. The summed E-state index contributed by atoms with van der Waals surface area (Å²) in [6, 6.07) is 8.60. The smallest absolute Gasteiger partial charge is 0.345 e. The number of benzene rings is 1. The van der Waals surface area contributed by atoms with E-state index >= 15 is 0 Å². The van der Waals surface area contributed by atoms with Gasteiger partial charge in [0.2, 0.25) is 0 Å². The number of esters is 1. The third-order valence-electron chi connectivity index (χ3n) is 1.75. The van der Waals surface area contributed by atoms with Crippen molar-refractivity contribution in [2.75, 3.05) is 12.3 Å². The lowest BCUT2D eigenvalue weighted by atomic mass is 10.3. The van der Waals surface area contributed by atoms with Gasteiger partial charge in [-0.2, -0.15) is 5.26 Å². The summed E-state index contributed by atoms with van der Waals surface area (Å²) >= 11 is 0. The normalized spacial score (nSPS) is 11.2. The molecule has 16 heavy (non-hydrogen) atoms. The lowest BCUT2D eigenvalue weighted by molar-refractivity contribution is -0.148. The van der Waals surface area contributed by atoms with Gasteiger partial charge in [-0.15, -0.1) is 0 Å². The lowest BCUT2D eigenvalue weighted by Gasteiger charge is -2.09. The number of carbonyl (C=O) groups excluding carboxylic acids is 1. The van der Waals surface area contributed by atoms with Crippen molar-refractivity contribution in [2.45, 2.75) is 13.0 Å². The lowest BCUT2D eigenvalue weighted by Crippen LogP contribution is -2.19. The summed E-state index contributed by atoms with van der Waals surface area (Å²) in [5, 5.41) is 8.42. The van der Waals surface area contributed by atoms with Gasteiger partial charge in [0, 0.05) is 0 Å². The van der Waals surface area contributed by atoms with Crippen LogP contribution in [0.2, 0.25) is 0 Å². The maximum atomic E-state index is 11.2. The van der Waals surface area contributed by atoms with E-state index in [1.165, 1.54) is 6.92 Å². The molecule has 2 N–H and O–H groups in total. The molecule has 0 saturated heterocycles. The van der Waals surface area contributed by atoms with Crippen LogP contribution in [0.4, 0.5) is 5.69 Å². The first kappa shape index (κ1) is 11.9. The molecule has 0 amide bonds. The number of nitriles is 1. The molecule has 1 rings (SSSR count). The van der Waals surface area contributed by atoms with Crippen molar-refractivity contribution in [1.82, 2.24) is 0 Å². The number of carbonyl (C=O) groups is 1. The zero-order valence-corrected chi connectivity index (χ0v) is 8.84. The van der Waals surface area contributed by atoms with Crippen LogP contribution in [0.25, 0.3) is 0 Å². The monoisotopic (exact) mass is 220 g/mol. The van der Waals surface area contributed by atoms with E-state index in [1.54, 1.807) is 30.3 Å². The molecule has 0 bridgehead atoms. The first-order valence-corrected chi connectivity index (χ1v) is 4.70. The molecule has 0 spiro atoms. The number of nitrogens with two attached hydrogens (primary N) is 1. The van der Waals surface area contributed by atoms with Crippen molar-refractivity contribution < 1.29 is 14.3 Å². The van der Waals surface area contributed by atoms with Crippen molar-refractivity contribution in [3.05, 3.63) is 24.3 Å². The zero-order chi connectivity index (χ0) is 12.0. The van der Waals surface area contributed by atoms with E-state index in [0.29, 0.717) is 11.4 Å². The SMILES string of the molecule is CC(C#N)OC(=O)COc1ccccc1N. The van der Waals surface area contributed by atoms with Gasteiger partial charge >= 0.3 is 5.97 Å². The van der Waals surface area contributed by atoms with Gasteiger partial charge in [0.15, 0.2) is 12.7 Å². The van der Waals surface area contributed by atoms with E-state index in [0.717, 1.165) is 0 Å². The first-order valence-electron chi connectivity index (χ1n) is 4.70. The highest BCUT2D eigenvalue weighted by atomic mass is 16.6. The van der Waals surface area contributed by atoms with E-state index in [1.807, 2.05) is 0 Å². The van der Waals surface area contributed by atoms with Gasteiger partial charge in [0.25, 0.3) is 0 Å². The number of hydrogen-bond acceptors (Lipinski definition) is 5. The molecule has 84 valence electrons. The van der Waals surface area contributed by atoms with Crippen LogP contribution in [-0.2, 0) is 9.53 Å². The Kier molecular flexibility index (Phi) is 4.16. The third-order valence-corrected chi connectivity index (χ3v) is 1.75. The summed E-state index contributed by atoms with van der Waals surface area (Å²) < 4.78 is 9.83.